The van der Waals surface area contributed by atoms with Gasteiger partial charge in [-0.25, -0.2) is 4.79 Å². The fourth-order valence-electron chi connectivity index (χ4n) is 3.31. The summed E-state index contributed by atoms with van der Waals surface area (Å²) in [5, 5.41) is 11.9. The third kappa shape index (κ3) is 3.45. The number of anilines is 1. The van der Waals surface area contributed by atoms with Crippen molar-refractivity contribution in [3.63, 3.8) is 0 Å². The molecule has 2 amide bonds. The van der Waals surface area contributed by atoms with Gasteiger partial charge in [-0.05, 0) is 30.9 Å². The number of hydrogen-bond acceptors (Lipinski definition) is 4. The van der Waals surface area contributed by atoms with E-state index in [-0.39, 0.29) is 6.03 Å². The maximum Gasteiger partial charge on any atom is 0.321 e. The third-order valence-electron chi connectivity index (χ3n) is 4.69. The number of urea groups is 1. The SMILES string of the molecule is O=C(Nc1cccc2cccnc12)N1CCC(Cn2ccnn2)CC1. The minimum atomic E-state index is -0.0580. The van der Waals surface area contributed by atoms with Gasteiger partial charge in [0.05, 0.1) is 17.4 Å². The number of benzene rings is 1. The molecule has 1 saturated heterocycles. The van der Waals surface area contributed by atoms with E-state index >= 15 is 0 Å². The number of carbonyl (C=O) groups is 1. The molecule has 25 heavy (non-hydrogen) atoms. The van der Waals surface area contributed by atoms with Gasteiger partial charge in [0.15, 0.2) is 0 Å². The van der Waals surface area contributed by atoms with Crippen molar-refractivity contribution in [2.75, 3.05) is 18.4 Å². The zero-order valence-corrected chi connectivity index (χ0v) is 13.9. The van der Waals surface area contributed by atoms with Crippen LogP contribution in [0.1, 0.15) is 12.8 Å². The van der Waals surface area contributed by atoms with Gasteiger partial charge >= 0.3 is 6.03 Å². The molecule has 3 heterocycles. The highest BCUT2D eigenvalue weighted by Gasteiger charge is 2.23. The molecular formula is C18H20N6O. The van der Waals surface area contributed by atoms with E-state index in [4.69, 9.17) is 0 Å². The molecule has 3 aromatic rings. The number of carbonyl (C=O) groups excluding carboxylic acids is 1. The van der Waals surface area contributed by atoms with Crippen LogP contribution in [0.5, 0.6) is 0 Å². The molecule has 7 nitrogen and oxygen atoms in total. The number of pyridine rings is 1. The smallest absolute Gasteiger partial charge is 0.321 e. The topological polar surface area (TPSA) is 75.9 Å². The Labute approximate surface area is 145 Å². The molecule has 4 rings (SSSR count). The zero-order valence-electron chi connectivity index (χ0n) is 13.9. The average Bonchev–Trinajstić information content (AvgIpc) is 3.16. The molecule has 1 aromatic carbocycles. The molecule has 0 aliphatic carbocycles. The summed E-state index contributed by atoms with van der Waals surface area (Å²) >= 11 is 0. The average molecular weight is 336 g/mol. The minimum Gasteiger partial charge on any atom is -0.325 e. The number of fused-ring (bicyclic) bond motifs is 1. The molecule has 1 fully saturated rings. The maximum atomic E-state index is 12.6. The van der Waals surface area contributed by atoms with Gasteiger partial charge in [-0.1, -0.05) is 23.4 Å². The van der Waals surface area contributed by atoms with Crippen LogP contribution in [0, 0.1) is 5.92 Å². The summed E-state index contributed by atoms with van der Waals surface area (Å²) in [7, 11) is 0. The standard InChI is InChI=1S/C18H20N6O/c25-18(21-16-5-1-3-15-4-2-8-19-17(15)16)23-10-6-14(7-11-23)13-24-12-9-20-22-24/h1-5,8-9,12,14H,6-7,10-11,13H2,(H,21,25). The van der Waals surface area contributed by atoms with E-state index in [2.05, 4.69) is 20.6 Å². The van der Waals surface area contributed by atoms with Crippen LogP contribution in [-0.4, -0.2) is 44.0 Å². The number of nitrogens with zero attached hydrogens (tertiary/aromatic N) is 5. The number of hydrogen-bond donors (Lipinski definition) is 1. The lowest BCUT2D eigenvalue weighted by Gasteiger charge is -2.31. The minimum absolute atomic E-state index is 0.0580. The third-order valence-corrected chi connectivity index (χ3v) is 4.69. The molecule has 1 aliphatic rings. The molecule has 1 N–H and O–H groups in total. The van der Waals surface area contributed by atoms with Crippen molar-refractivity contribution in [2.45, 2.75) is 19.4 Å². The van der Waals surface area contributed by atoms with E-state index in [9.17, 15) is 4.79 Å². The molecule has 0 unspecified atom stereocenters. The largest absolute Gasteiger partial charge is 0.325 e. The molecule has 1 aliphatic heterocycles. The van der Waals surface area contributed by atoms with E-state index in [0.29, 0.717) is 5.92 Å². The first-order chi connectivity index (χ1) is 12.3. The van der Waals surface area contributed by atoms with Crippen LogP contribution in [0.2, 0.25) is 0 Å². The Morgan fingerprint density at radius 1 is 1.16 bits per heavy atom. The van der Waals surface area contributed by atoms with E-state index < -0.39 is 0 Å². The number of nitrogens with one attached hydrogen (secondary N) is 1. The van der Waals surface area contributed by atoms with Crippen molar-refractivity contribution in [2.24, 2.45) is 5.92 Å². The van der Waals surface area contributed by atoms with Gasteiger partial charge in [-0.2, -0.15) is 0 Å². The van der Waals surface area contributed by atoms with Crippen molar-refractivity contribution in [3.05, 3.63) is 48.9 Å². The van der Waals surface area contributed by atoms with Gasteiger partial charge < -0.3 is 10.2 Å². The van der Waals surface area contributed by atoms with E-state index in [1.165, 1.54) is 0 Å². The van der Waals surface area contributed by atoms with E-state index in [1.54, 1.807) is 12.4 Å². The van der Waals surface area contributed by atoms with Crippen LogP contribution in [0.15, 0.2) is 48.9 Å². The number of rotatable bonds is 3. The Balaban J connectivity index is 1.37. The summed E-state index contributed by atoms with van der Waals surface area (Å²) in [5.41, 5.74) is 1.58. The van der Waals surface area contributed by atoms with Crippen LogP contribution in [0.3, 0.4) is 0 Å². The number of para-hydroxylation sites is 1. The second kappa shape index (κ2) is 6.88. The molecule has 2 aromatic heterocycles. The molecular weight excluding hydrogens is 316 g/mol. The first-order valence-electron chi connectivity index (χ1n) is 8.53. The highest BCUT2D eigenvalue weighted by Crippen LogP contribution is 2.23. The Morgan fingerprint density at radius 3 is 2.80 bits per heavy atom. The summed E-state index contributed by atoms with van der Waals surface area (Å²) in [5.74, 6) is 0.532. The van der Waals surface area contributed by atoms with Crippen molar-refractivity contribution in [1.29, 1.82) is 0 Å². The molecule has 0 radical (unpaired) electrons. The molecule has 0 bridgehead atoms. The first kappa shape index (κ1) is 15.6. The molecule has 0 atom stereocenters. The maximum absolute atomic E-state index is 12.6. The fourth-order valence-corrected chi connectivity index (χ4v) is 3.31. The Morgan fingerprint density at radius 2 is 2.00 bits per heavy atom. The van der Waals surface area contributed by atoms with Crippen molar-refractivity contribution in [3.8, 4) is 0 Å². The van der Waals surface area contributed by atoms with Crippen molar-refractivity contribution >= 4 is 22.6 Å². The van der Waals surface area contributed by atoms with Crippen molar-refractivity contribution in [1.82, 2.24) is 24.9 Å². The van der Waals surface area contributed by atoms with Gasteiger partial charge in [0, 0.05) is 37.4 Å². The summed E-state index contributed by atoms with van der Waals surface area (Å²) < 4.78 is 1.86. The lowest BCUT2D eigenvalue weighted by Crippen LogP contribution is -2.41. The lowest BCUT2D eigenvalue weighted by atomic mass is 9.97. The van der Waals surface area contributed by atoms with E-state index in [0.717, 1.165) is 49.1 Å². The predicted molar refractivity (Wildman–Crippen MR) is 95.1 cm³/mol. The summed E-state index contributed by atoms with van der Waals surface area (Å²) in [6, 6.07) is 9.65. The Kier molecular flexibility index (Phi) is 4.28. The fraction of sp³-hybridized carbons (Fsp3) is 0.333. The molecule has 0 spiro atoms. The van der Waals surface area contributed by atoms with Gasteiger partial charge in [0.25, 0.3) is 0 Å². The zero-order chi connectivity index (χ0) is 17.1. The summed E-state index contributed by atoms with van der Waals surface area (Å²) in [4.78, 5) is 18.9. The van der Waals surface area contributed by atoms with Crippen LogP contribution >= 0.6 is 0 Å². The first-order valence-corrected chi connectivity index (χ1v) is 8.53. The molecule has 7 heteroatoms. The number of piperidine rings is 1. The highest BCUT2D eigenvalue weighted by molar-refractivity contribution is 5.99. The summed E-state index contributed by atoms with van der Waals surface area (Å²) in [6.07, 6.45) is 7.27. The predicted octanol–water partition coefficient (Wildman–Crippen LogP) is 2.77. The number of likely N-dealkylation sites (tertiary alicyclic amines) is 1. The van der Waals surface area contributed by atoms with Crippen LogP contribution < -0.4 is 5.32 Å². The van der Waals surface area contributed by atoms with E-state index in [1.807, 2.05) is 46.1 Å². The van der Waals surface area contributed by atoms with Crippen molar-refractivity contribution < 1.29 is 4.79 Å². The van der Waals surface area contributed by atoms with Gasteiger partial charge in [-0.3, -0.25) is 9.67 Å². The normalized spacial score (nSPS) is 15.4. The lowest BCUT2D eigenvalue weighted by molar-refractivity contribution is 0.175. The quantitative estimate of drug-likeness (QED) is 0.798. The highest BCUT2D eigenvalue weighted by atomic mass is 16.2. The molecule has 128 valence electrons. The van der Waals surface area contributed by atoms with Gasteiger partial charge in [0.2, 0.25) is 0 Å². The monoisotopic (exact) mass is 336 g/mol. The van der Waals surface area contributed by atoms with Gasteiger partial charge in [0.1, 0.15) is 0 Å². The molecule has 0 saturated carbocycles. The second-order valence-corrected chi connectivity index (χ2v) is 6.37. The number of amides is 2. The Hall–Kier alpha value is -2.96. The Bertz CT molecular complexity index is 850. The van der Waals surface area contributed by atoms with Gasteiger partial charge in [-0.15, -0.1) is 5.10 Å². The van der Waals surface area contributed by atoms with Crippen LogP contribution in [0.25, 0.3) is 10.9 Å². The second-order valence-electron chi connectivity index (χ2n) is 6.37. The van der Waals surface area contributed by atoms with Crippen LogP contribution in [-0.2, 0) is 6.54 Å². The van der Waals surface area contributed by atoms with Crippen LogP contribution in [0.4, 0.5) is 10.5 Å². The number of aromatic nitrogens is 4. The summed E-state index contributed by atoms with van der Waals surface area (Å²) in [6.45, 7) is 2.37.